The number of rotatable bonds is 7. The van der Waals surface area contributed by atoms with Crippen LogP contribution in [0.4, 0.5) is 5.69 Å². The average molecular weight is 394 g/mol. The van der Waals surface area contributed by atoms with Gasteiger partial charge in [0.25, 0.3) is 0 Å². The summed E-state index contributed by atoms with van der Waals surface area (Å²) in [5.74, 6) is 0.187. The first-order valence-corrected chi connectivity index (χ1v) is 10.4. The molecule has 1 aliphatic heterocycles. The first-order valence-electron chi connectivity index (χ1n) is 10.4. The molecule has 1 aliphatic rings. The van der Waals surface area contributed by atoms with E-state index in [2.05, 4.69) is 33.7 Å². The Balaban J connectivity index is 1.37. The summed E-state index contributed by atoms with van der Waals surface area (Å²) in [6.45, 7) is 6.64. The molecule has 2 amide bonds. The van der Waals surface area contributed by atoms with E-state index >= 15 is 0 Å². The van der Waals surface area contributed by atoms with Crippen LogP contribution < -0.4 is 10.6 Å². The molecule has 0 radical (unpaired) electrons. The van der Waals surface area contributed by atoms with Crippen molar-refractivity contribution in [1.29, 1.82) is 0 Å². The molecular weight excluding hydrogens is 362 g/mol. The maximum Gasteiger partial charge on any atom is 0.238 e. The topological polar surface area (TPSA) is 61.4 Å². The van der Waals surface area contributed by atoms with E-state index in [1.807, 2.05) is 44.2 Å². The largest absolute Gasteiger partial charge is 0.356 e. The van der Waals surface area contributed by atoms with Crippen molar-refractivity contribution >= 4 is 17.5 Å². The molecule has 5 nitrogen and oxygen atoms in total. The van der Waals surface area contributed by atoms with Gasteiger partial charge in [0.2, 0.25) is 11.8 Å². The lowest BCUT2D eigenvalue weighted by Crippen LogP contribution is -2.43. The van der Waals surface area contributed by atoms with Gasteiger partial charge < -0.3 is 10.6 Å². The van der Waals surface area contributed by atoms with Crippen molar-refractivity contribution in [2.24, 2.45) is 5.92 Å². The number of anilines is 1. The first kappa shape index (κ1) is 21.1. The minimum Gasteiger partial charge on any atom is -0.356 e. The van der Waals surface area contributed by atoms with Gasteiger partial charge in [-0.05, 0) is 63.4 Å². The van der Waals surface area contributed by atoms with Crippen molar-refractivity contribution in [3.8, 4) is 0 Å². The van der Waals surface area contributed by atoms with Crippen LogP contribution in [0, 0.1) is 19.8 Å². The van der Waals surface area contributed by atoms with Gasteiger partial charge in [-0.2, -0.15) is 0 Å². The summed E-state index contributed by atoms with van der Waals surface area (Å²) >= 11 is 0. The fourth-order valence-corrected chi connectivity index (χ4v) is 3.82. The molecule has 5 heteroatoms. The number of aryl methyl sites for hydroxylation is 2. The first-order chi connectivity index (χ1) is 14.0. The maximum absolute atomic E-state index is 12.4. The van der Waals surface area contributed by atoms with Gasteiger partial charge >= 0.3 is 0 Å². The molecule has 1 saturated heterocycles. The quantitative estimate of drug-likeness (QED) is 0.759. The average Bonchev–Trinajstić information content (AvgIpc) is 2.71. The van der Waals surface area contributed by atoms with E-state index in [-0.39, 0.29) is 17.7 Å². The molecule has 0 unspecified atom stereocenters. The van der Waals surface area contributed by atoms with Crippen molar-refractivity contribution in [3.63, 3.8) is 0 Å². The van der Waals surface area contributed by atoms with E-state index in [9.17, 15) is 9.59 Å². The molecule has 0 saturated carbocycles. The zero-order chi connectivity index (χ0) is 20.6. The molecule has 0 aliphatic carbocycles. The lowest BCUT2D eigenvalue weighted by molar-refractivity contribution is -0.126. The third kappa shape index (κ3) is 6.43. The molecule has 2 aromatic rings. The molecule has 29 heavy (non-hydrogen) atoms. The fraction of sp³-hybridized carbons (Fsp3) is 0.417. The molecule has 2 aromatic carbocycles. The van der Waals surface area contributed by atoms with Crippen LogP contribution in [0.15, 0.2) is 48.5 Å². The highest BCUT2D eigenvalue weighted by atomic mass is 16.2. The molecule has 0 spiro atoms. The predicted molar refractivity (Wildman–Crippen MR) is 117 cm³/mol. The Morgan fingerprint density at radius 3 is 2.45 bits per heavy atom. The van der Waals surface area contributed by atoms with Gasteiger partial charge in [0.1, 0.15) is 0 Å². The molecule has 1 heterocycles. The van der Waals surface area contributed by atoms with Gasteiger partial charge in [0.15, 0.2) is 0 Å². The number of nitrogens with one attached hydrogen (secondary N) is 2. The predicted octanol–water partition coefficient (Wildman–Crippen LogP) is 3.31. The molecule has 0 atom stereocenters. The Labute approximate surface area is 173 Å². The highest BCUT2D eigenvalue weighted by Crippen LogP contribution is 2.19. The van der Waals surface area contributed by atoms with Crippen molar-refractivity contribution in [1.82, 2.24) is 10.2 Å². The van der Waals surface area contributed by atoms with E-state index in [1.54, 1.807) is 0 Å². The number of carbonyl (C=O) groups excluding carboxylic acids is 2. The molecule has 154 valence electrons. The second-order valence-electron chi connectivity index (χ2n) is 7.94. The Hall–Kier alpha value is -2.66. The number of piperidine rings is 1. The van der Waals surface area contributed by atoms with Crippen LogP contribution in [0.1, 0.15) is 29.5 Å². The van der Waals surface area contributed by atoms with E-state index < -0.39 is 0 Å². The van der Waals surface area contributed by atoms with E-state index in [1.165, 1.54) is 11.1 Å². The second kappa shape index (κ2) is 10.2. The fourth-order valence-electron chi connectivity index (χ4n) is 3.82. The number of nitrogens with zero attached hydrogens (tertiary/aromatic N) is 1. The Morgan fingerprint density at radius 2 is 1.76 bits per heavy atom. The van der Waals surface area contributed by atoms with Crippen LogP contribution in [0.25, 0.3) is 0 Å². The highest BCUT2D eigenvalue weighted by Gasteiger charge is 2.25. The van der Waals surface area contributed by atoms with Gasteiger partial charge in [0, 0.05) is 18.2 Å². The SMILES string of the molecule is Cc1ccc(NC(=O)CN2CCC(C(=O)NCCc3ccccc3)CC2)c(C)c1. The lowest BCUT2D eigenvalue weighted by Gasteiger charge is -2.30. The zero-order valence-electron chi connectivity index (χ0n) is 17.4. The summed E-state index contributed by atoms with van der Waals surface area (Å²) in [6.07, 6.45) is 2.45. The van der Waals surface area contributed by atoms with Crippen LogP contribution >= 0.6 is 0 Å². The van der Waals surface area contributed by atoms with Crippen LogP contribution in [0.3, 0.4) is 0 Å². The Kier molecular flexibility index (Phi) is 7.42. The summed E-state index contributed by atoms with van der Waals surface area (Å²) in [5, 5.41) is 6.07. The van der Waals surface area contributed by atoms with Crippen molar-refractivity contribution in [2.45, 2.75) is 33.1 Å². The summed E-state index contributed by atoms with van der Waals surface area (Å²) in [7, 11) is 0. The van der Waals surface area contributed by atoms with Crippen molar-refractivity contribution < 1.29 is 9.59 Å². The summed E-state index contributed by atoms with van der Waals surface area (Å²) in [4.78, 5) is 26.9. The standard InChI is InChI=1S/C24H31N3O2/c1-18-8-9-22(19(2)16-18)26-23(28)17-27-14-11-21(12-15-27)24(29)25-13-10-20-6-4-3-5-7-20/h3-9,16,21H,10-15,17H2,1-2H3,(H,25,29)(H,26,28). The van der Waals surface area contributed by atoms with Crippen LogP contribution in [-0.4, -0.2) is 42.9 Å². The number of hydrogen-bond acceptors (Lipinski definition) is 3. The summed E-state index contributed by atoms with van der Waals surface area (Å²) in [5.41, 5.74) is 4.36. The number of likely N-dealkylation sites (tertiary alicyclic amines) is 1. The van der Waals surface area contributed by atoms with E-state index in [0.29, 0.717) is 13.1 Å². The Morgan fingerprint density at radius 1 is 1.03 bits per heavy atom. The molecule has 2 N–H and O–H groups in total. The molecule has 1 fully saturated rings. The van der Waals surface area contributed by atoms with Gasteiger partial charge in [0.05, 0.1) is 6.54 Å². The number of amides is 2. The Bertz CT molecular complexity index is 827. The van der Waals surface area contributed by atoms with Gasteiger partial charge in [-0.25, -0.2) is 0 Å². The third-order valence-corrected chi connectivity index (χ3v) is 5.54. The molecule has 0 aromatic heterocycles. The highest BCUT2D eigenvalue weighted by molar-refractivity contribution is 5.93. The van der Waals surface area contributed by atoms with Gasteiger partial charge in [-0.15, -0.1) is 0 Å². The zero-order valence-corrected chi connectivity index (χ0v) is 17.4. The maximum atomic E-state index is 12.4. The van der Waals surface area contributed by atoms with Crippen molar-refractivity contribution in [2.75, 3.05) is 31.5 Å². The molecular formula is C24H31N3O2. The monoisotopic (exact) mass is 393 g/mol. The smallest absolute Gasteiger partial charge is 0.238 e. The molecule has 0 bridgehead atoms. The lowest BCUT2D eigenvalue weighted by atomic mass is 9.96. The number of carbonyl (C=O) groups is 2. The summed E-state index contributed by atoms with van der Waals surface area (Å²) in [6, 6.07) is 16.2. The normalized spacial score (nSPS) is 15.1. The second-order valence-corrected chi connectivity index (χ2v) is 7.94. The van der Waals surface area contributed by atoms with Crippen LogP contribution in [0.5, 0.6) is 0 Å². The van der Waals surface area contributed by atoms with Crippen molar-refractivity contribution in [3.05, 3.63) is 65.2 Å². The number of benzene rings is 2. The minimum atomic E-state index is 0.00251. The summed E-state index contributed by atoms with van der Waals surface area (Å²) < 4.78 is 0. The minimum absolute atomic E-state index is 0.00251. The molecule has 3 rings (SSSR count). The van der Waals surface area contributed by atoms with Crippen LogP contribution in [0.2, 0.25) is 0 Å². The number of hydrogen-bond donors (Lipinski definition) is 2. The van der Waals surface area contributed by atoms with Gasteiger partial charge in [-0.1, -0.05) is 48.0 Å². The van der Waals surface area contributed by atoms with Gasteiger partial charge in [-0.3, -0.25) is 14.5 Å². The van der Waals surface area contributed by atoms with E-state index in [0.717, 1.165) is 43.6 Å². The third-order valence-electron chi connectivity index (χ3n) is 5.54. The van der Waals surface area contributed by atoms with Crippen LogP contribution in [-0.2, 0) is 16.0 Å². The van der Waals surface area contributed by atoms with E-state index in [4.69, 9.17) is 0 Å².